The van der Waals surface area contributed by atoms with Gasteiger partial charge in [0.1, 0.15) is 12.2 Å². The summed E-state index contributed by atoms with van der Waals surface area (Å²) in [6, 6.07) is 4.33. The fourth-order valence-electron chi connectivity index (χ4n) is 4.73. The second-order valence-electron chi connectivity index (χ2n) is 8.91. The summed E-state index contributed by atoms with van der Waals surface area (Å²) in [5, 5.41) is 9.73. The van der Waals surface area contributed by atoms with Gasteiger partial charge in [0.05, 0.1) is 12.3 Å². The van der Waals surface area contributed by atoms with E-state index in [9.17, 15) is 19.2 Å². The van der Waals surface area contributed by atoms with E-state index in [1.165, 1.54) is 17.2 Å². The van der Waals surface area contributed by atoms with Crippen molar-refractivity contribution in [1.29, 1.82) is 0 Å². The molecule has 0 aromatic carbocycles. The van der Waals surface area contributed by atoms with Crippen molar-refractivity contribution >= 4 is 28.7 Å². The molecule has 0 aliphatic carbocycles. The lowest BCUT2D eigenvalue weighted by Crippen LogP contribution is -2.59. The van der Waals surface area contributed by atoms with E-state index in [0.717, 1.165) is 30.2 Å². The van der Waals surface area contributed by atoms with Gasteiger partial charge >= 0.3 is 0 Å². The number of rotatable bonds is 10. The van der Waals surface area contributed by atoms with Crippen molar-refractivity contribution in [3.63, 3.8) is 0 Å². The Morgan fingerprint density at radius 1 is 1.18 bits per heavy atom. The molecule has 190 valence electrons. The number of hydrogen-bond donors (Lipinski definition) is 1. The van der Waals surface area contributed by atoms with Crippen molar-refractivity contribution in [1.82, 2.24) is 4.90 Å². The Morgan fingerprint density at radius 3 is 2.09 bits per heavy atom. The summed E-state index contributed by atoms with van der Waals surface area (Å²) in [5.74, 6) is -3.79. The van der Waals surface area contributed by atoms with Crippen LogP contribution < -0.4 is 0 Å². The molecule has 2 aliphatic rings. The van der Waals surface area contributed by atoms with Crippen molar-refractivity contribution in [2.75, 3.05) is 6.61 Å². The van der Waals surface area contributed by atoms with Gasteiger partial charge in [0.25, 0.3) is 8.68 Å². The van der Waals surface area contributed by atoms with Gasteiger partial charge in [-0.2, -0.15) is 0 Å². The molecule has 0 saturated carbocycles. The minimum Gasteiger partial charge on any atom is -0.406 e. The highest BCUT2D eigenvalue weighted by Crippen LogP contribution is 2.51. The molecule has 10 heteroatoms. The number of ether oxygens (including phenoxy) is 1. The molecule has 2 rings (SSSR count). The predicted octanol–water partition coefficient (Wildman–Crippen LogP) is 4.57. The van der Waals surface area contributed by atoms with Crippen molar-refractivity contribution in [2.45, 2.75) is 109 Å². The van der Waals surface area contributed by atoms with Gasteiger partial charge in [-0.15, -0.1) is 0 Å². The standard InChI is InChI=1S/C19H32FNO5Si.C4H10OSi/c1-6-15-18(5,26-27(7-2,8-3)9-4)17(25-19(15,20)13-22)21-11-10-14(23)12-16(21)24;1-3-6(5)4-2/h10-11,15,17,22H,6-9,12-13H2,1-5H3;3-4H2,1-2H3/t15-,17+,18+,19+;/m0./s1. The van der Waals surface area contributed by atoms with Crippen molar-refractivity contribution in [3.8, 4) is 0 Å². The SMILES string of the molecule is CC[C@H]1[C@@](C)(O[Si](CC)(CC)CC)[C@H](N2C=CC(=O)CC2=O)O[C@]1(F)CO.CC[Si](=O)CC. The summed E-state index contributed by atoms with van der Waals surface area (Å²) in [4.78, 5) is 25.3. The van der Waals surface area contributed by atoms with E-state index >= 15 is 4.39 Å². The molecule has 1 amide bonds. The summed E-state index contributed by atoms with van der Waals surface area (Å²) >= 11 is 0. The fraction of sp³-hybridized carbons (Fsp3) is 0.826. The molecule has 1 fully saturated rings. The van der Waals surface area contributed by atoms with Gasteiger partial charge in [-0.05, 0) is 49.6 Å². The second-order valence-corrected chi connectivity index (χ2v) is 16.1. The maximum absolute atomic E-state index is 15.5. The first-order chi connectivity index (χ1) is 15.5. The number of allylic oxidation sites excluding steroid dienone is 1. The van der Waals surface area contributed by atoms with Crippen LogP contribution in [-0.4, -0.2) is 63.0 Å². The Morgan fingerprint density at radius 2 is 1.73 bits per heavy atom. The Labute approximate surface area is 200 Å². The third kappa shape index (κ3) is 6.53. The van der Waals surface area contributed by atoms with E-state index in [2.05, 4.69) is 20.8 Å². The molecular weight excluding hydrogens is 461 g/mol. The van der Waals surface area contributed by atoms with Gasteiger partial charge in [0, 0.05) is 6.20 Å². The van der Waals surface area contributed by atoms with Crippen LogP contribution in [0.15, 0.2) is 12.3 Å². The Kier molecular flexibility index (Phi) is 11.4. The quantitative estimate of drug-likeness (QED) is 0.347. The number of carbonyl (C=O) groups is 2. The van der Waals surface area contributed by atoms with Gasteiger partial charge in [0.15, 0.2) is 20.3 Å². The van der Waals surface area contributed by atoms with Gasteiger partial charge < -0.3 is 18.7 Å². The summed E-state index contributed by atoms with van der Waals surface area (Å²) < 4.78 is 38.3. The number of amides is 1. The molecule has 1 N–H and O–H groups in total. The molecule has 0 bridgehead atoms. The smallest absolute Gasteiger partial charge is 0.276 e. The van der Waals surface area contributed by atoms with Crippen LogP contribution in [-0.2, 0) is 23.2 Å². The average Bonchev–Trinajstić information content (AvgIpc) is 3.03. The third-order valence-corrected chi connectivity index (χ3v) is 13.4. The fourth-order valence-corrected chi connectivity index (χ4v) is 8.34. The topological polar surface area (TPSA) is 93.1 Å². The van der Waals surface area contributed by atoms with Crippen LogP contribution in [0.4, 0.5) is 4.39 Å². The Bertz CT molecular complexity index is 717. The lowest BCUT2D eigenvalue weighted by atomic mass is 9.82. The minimum atomic E-state index is -2.31. The Hall–Kier alpha value is -1.08. The summed E-state index contributed by atoms with van der Waals surface area (Å²) in [6.45, 7) is 12.9. The van der Waals surface area contributed by atoms with Crippen molar-refractivity contribution in [3.05, 3.63) is 12.3 Å². The Balaban J connectivity index is 0.000000801. The number of ketones is 1. The largest absolute Gasteiger partial charge is 0.406 e. The molecule has 4 atom stereocenters. The number of nitrogens with zero attached hydrogens (tertiary/aromatic N) is 1. The molecule has 0 radical (unpaired) electrons. The maximum atomic E-state index is 15.5. The number of carbonyl (C=O) groups excluding carboxylic acids is 2. The van der Waals surface area contributed by atoms with Crippen LogP contribution in [0, 0.1) is 5.92 Å². The van der Waals surface area contributed by atoms with Gasteiger partial charge in [0.2, 0.25) is 11.8 Å². The van der Waals surface area contributed by atoms with Crippen LogP contribution in [0.2, 0.25) is 30.2 Å². The molecule has 0 spiro atoms. The molecule has 7 nitrogen and oxygen atoms in total. The van der Waals surface area contributed by atoms with E-state index in [0.29, 0.717) is 6.42 Å². The number of alkyl halides is 1. The van der Waals surface area contributed by atoms with Crippen LogP contribution in [0.5, 0.6) is 0 Å². The highest BCUT2D eigenvalue weighted by atomic mass is 28.4. The van der Waals surface area contributed by atoms with Crippen molar-refractivity contribution in [2.24, 2.45) is 5.92 Å². The number of halogens is 1. The molecule has 0 unspecified atom stereocenters. The first-order valence-electron chi connectivity index (χ1n) is 12.2. The van der Waals surface area contributed by atoms with Crippen LogP contribution in [0.1, 0.15) is 61.3 Å². The van der Waals surface area contributed by atoms with Crippen LogP contribution >= 0.6 is 0 Å². The molecule has 1 saturated heterocycles. The molecule has 2 heterocycles. The summed E-state index contributed by atoms with van der Waals surface area (Å²) in [6.07, 6.45) is 1.72. The zero-order chi connectivity index (χ0) is 25.4. The first kappa shape index (κ1) is 30.0. The second kappa shape index (κ2) is 12.6. The molecule has 0 aromatic heterocycles. The van der Waals surface area contributed by atoms with Gasteiger partial charge in [-0.25, -0.2) is 4.39 Å². The van der Waals surface area contributed by atoms with E-state index in [4.69, 9.17) is 9.16 Å². The van der Waals surface area contributed by atoms with Crippen molar-refractivity contribution < 1.29 is 32.7 Å². The van der Waals surface area contributed by atoms with Crippen LogP contribution in [0.3, 0.4) is 0 Å². The lowest BCUT2D eigenvalue weighted by Gasteiger charge is -2.45. The molecule has 2 aliphatic heterocycles. The van der Waals surface area contributed by atoms with E-state index in [-0.39, 0.29) is 12.2 Å². The van der Waals surface area contributed by atoms with Gasteiger partial charge in [-0.3, -0.25) is 14.5 Å². The normalized spacial score (nSPS) is 29.8. The summed E-state index contributed by atoms with van der Waals surface area (Å²) in [7, 11) is -3.30. The average molecular weight is 504 g/mol. The van der Waals surface area contributed by atoms with E-state index in [1.807, 2.05) is 20.8 Å². The molecular formula is C23H42FNO6Si2. The van der Waals surface area contributed by atoms with Gasteiger partial charge in [-0.1, -0.05) is 41.5 Å². The molecule has 33 heavy (non-hydrogen) atoms. The number of aliphatic hydroxyl groups excluding tert-OH is 1. The maximum Gasteiger partial charge on any atom is 0.276 e. The highest BCUT2D eigenvalue weighted by Gasteiger charge is 2.66. The zero-order valence-electron chi connectivity index (χ0n) is 21.3. The number of aliphatic hydroxyl groups is 1. The van der Waals surface area contributed by atoms with E-state index in [1.54, 1.807) is 6.92 Å². The minimum absolute atomic E-state index is 0.278. The first-order valence-corrected chi connectivity index (χ1v) is 16.5. The predicted molar refractivity (Wildman–Crippen MR) is 129 cm³/mol. The van der Waals surface area contributed by atoms with E-state index < -0.39 is 53.1 Å². The van der Waals surface area contributed by atoms with Crippen LogP contribution in [0.25, 0.3) is 0 Å². The lowest BCUT2D eigenvalue weighted by molar-refractivity contribution is -0.204. The number of hydrogen-bond acceptors (Lipinski definition) is 6. The summed E-state index contributed by atoms with van der Waals surface area (Å²) in [5.41, 5.74) is -1.12. The monoisotopic (exact) mass is 503 g/mol. The highest BCUT2D eigenvalue weighted by molar-refractivity contribution is 6.73. The third-order valence-electron chi connectivity index (χ3n) is 7.08. The zero-order valence-corrected chi connectivity index (χ0v) is 23.3. The molecule has 0 aromatic rings.